The van der Waals surface area contributed by atoms with E-state index in [2.05, 4.69) is 10.6 Å². The molecular formula is C13H15FN2O2. The maximum atomic E-state index is 14.5. The molecule has 0 aromatic heterocycles. The molecule has 0 radical (unpaired) electrons. The van der Waals surface area contributed by atoms with Gasteiger partial charge in [-0.15, -0.1) is 0 Å². The van der Waals surface area contributed by atoms with Gasteiger partial charge < -0.3 is 10.6 Å². The van der Waals surface area contributed by atoms with Crippen molar-refractivity contribution in [1.82, 2.24) is 0 Å². The second kappa shape index (κ2) is 4.76. The van der Waals surface area contributed by atoms with Crippen LogP contribution in [0.3, 0.4) is 0 Å². The molecule has 1 aliphatic heterocycles. The molecule has 4 nitrogen and oxygen atoms in total. The summed E-state index contributed by atoms with van der Waals surface area (Å²) in [5, 5.41) is 4.91. The van der Waals surface area contributed by atoms with Crippen molar-refractivity contribution in [3.05, 3.63) is 24.3 Å². The summed E-state index contributed by atoms with van der Waals surface area (Å²) in [5.41, 5.74) is -1.64. The highest BCUT2D eigenvalue weighted by molar-refractivity contribution is 6.21. The molecule has 1 aromatic carbocycles. The average molecular weight is 250 g/mol. The molecule has 0 unspecified atom stereocenters. The first kappa shape index (κ1) is 12.5. The number of halogens is 1. The number of carbonyl (C=O) groups excluding carboxylic acids is 2. The third-order valence-corrected chi connectivity index (χ3v) is 3.02. The molecule has 0 fully saturated rings. The van der Waals surface area contributed by atoms with Gasteiger partial charge in [0.1, 0.15) is 0 Å². The Morgan fingerprint density at radius 1 is 1.11 bits per heavy atom. The van der Waals surface area contributed by atoms with Gasteiger partial charge in [0.15, 0.2) is 0 Å². The average Bonchev–Trinajstić information content (AvgIpc) is 2.45. The van der Waals surface area contributed by atoms with E-state index < -0.39 is 17.5 Å². The number of benzene rings is 1. The first-order chi connectivity index (χ1) is 8.58. The Morgan fingerprint density at radius 3 is 2.06 bits per heavy atom. The summed E-state index contributed by atoms with van der Waals surface area (Å²) in [7, 11) is 0. The van der Waals surface area contributed by atoms with Crippen molar-refractivity contribution >= 4 is 23.2 Å². The summed E-state index contributed by atoms with van der Waals surface area (Å²) < 4.78 is 14.5. The van der Waals surface area contributed by atoms with Gasteiger partial charge >= 0.3 is 0 Å². The first-order valence-electron chi connectivity index (χ1n) is 5.99. The maximum Gasteiger partial charge on any atom is 0.272 e. The lowest BCUT2D eigenvalue weighted by Gasteiger charge is -2.19. The van der Waals surface area contributed by atoms with Gasteiger partial charge in [-0.1, -0.05) is 25.5 Å². The fourth-order valence-corrected chi connectivity index (χ4v) is 1.89. The molecule has 0 saturated carbocycles. The molecule has 2 rings (SSSR count). The maximum absolute atomic E-state index is 14.5. The molecule has 2 amide bonds. The minimum atomic E-state index is -2.49. The lowest BCUT2D eigenvalue weighted by atomic mass is 9.97. The topological polar surface area (TPSA) is 58.2 Å². The number of carbonyl (C=O) groups is 2. The Kier molecular flexibility index (Phi) is 3.32. The number of para-hydroxylation sites is 2. The number of alkyl halides is 1. The van der Waals surface area contributed by atoms with Gasteiger partial charge in [-0.2, -0.15) is 0 Å². The number of hydrogen-bond acceptors (Lipinski definition) is 2. The highest BCUT2D eigenvalue weighted by atomic mass is 19.1. The van der Waals surface area contributed by atoms with Gasteiger partial charge in [-0.05, 0) is 25.0 Å². The Labute approximate surface area is 105 Å². The summed E-state index contributed by atoms with van der Waals surface area (Å²) >= 11 is 0. The Balaban J connectivity index is 2.33. The number of hydrogen-bond donors (Lipinski definition) is 2. The van der Waals surface area contributed by atoms with E-state index in [0.717, 1.165) is 6.42 Å². The van der Waals surface area contributed by atoms with Crippen LogP contribution >= 0.6 is 0 Å². The van der Waals surface area contributed by atoms with Crippen LogP contribution in [0.5, 0.6) is 0 Å². The highest BCUT2D eigenvalue weighted by Crippen LogP contribution is 2.31. The molecule has 1 aliphatic rings. The van der Waals surface area contributed by atoms with E-state index in [-0.39, 0.29) is 6.42 Å². The van der Waals surface area contributed by atoms with Gasteiger partial charge in [0.05, 0.1) is 11.4 Å². The molecule has 0 bridgehead atoms. The monoisotopic (exact) mass is 250 g/mol. The lowest BCUT2D eigenvalue weighted by Crippen LogP contribution is -2.47. The van der Waals surface area contributed by atoms with Crippen LogP contribution in [0.15, 0.2) is 24.3 Å². The number of anilines is 2. The molecule has 2 N–H and O–H groups in total. The third-order valence-electron chi connectivity index (χ3n) is 3.02. The van der Waals surface area contributed by atoms with Crippen molar-refractivity contribution in [3.63, 3.8) is 0 Å². The van der Waals surface area contributed by atoms with E-state index in [0.29, 0.717) is 17.8 Å². The molecule has 0 atom stereocenters. The van der Waals surface area contributed by atoms with Crippen molar-refractivity contribution in [2.24, 2.45) is 0 Å². The van der Waals surface area contributed by atoms with Crippen LogP contribution in [0.4, 0.5) is 15.8 Å². The minimum Gasteiger partial charge on any atom is -0.321 e. The van der Waals surface area contributed by atoms with Crippen LogP contribution in [0.1, 0.15) is 26.2 Å². The van der Waals surface area contributed by atoms with Crippen LogP contribution in [-0.4, -0.2) is 17.5 Å². The fourth-order valence-electron chi connectivity index (χ4n) is 1.89. The Bertz CT molecular complexity index is 451. The molecule has 96 valence electrons. The molecule has 1 aromatic rings. The predicted octanol–water partition coefficient (Wildman–Crippen LogP) is 2.48. The number of amides is 2. The van der Waals surface area contributed by atoms with E-state index in [9.17, 15) is 14.0 Å². The van der Waals surface area contributed by atoms with Crippen LogP contribution in [0.2, 0.25) is 0 Å². The third kappa shape index (κ3) is 2.08. The first-order valence-corrected chi connectivity index (χ1v) is 5.99. The Hall–Kier alpha value is -1.91. The number of rotatable bonds is 3. The molecule has 18 heavy (non-hydrogen) atoms. The molecule has 1 heterocycles. The summed E-state index contributed by atoms with van der Waals surface area (Å²) in [6, 6.07) is 6.67. The van der Waals surface area contributed by atoms with Gasteiger partial charge in [0.2, 0.25) is 0 Å². The molecule has 0 saturated heterocycles. The van der Waals surface area contributed by atoms with Gasteiger partial charge in [-0.3, -0.25) is 9.59 Å². The summed E-state index contributed by atoms with van der Waals surface area (Å²) in [4.78, 5) is 23.7. The van der Waals surface area contributed by atoms with Crippen LogP contribution in [-0.2, 0) is 9.59 Å². The van der Waals surface area contributed by atoms with Crippen LogP contribution in [0, 0.1) is 0 Å². The summed E-state index contributed by atoms with van der Waals surface area (Å²) in [6.07, 6.45) is 1.10. The van der Waals surface area contributed by atoms with E-state index in [1.165, 1.54) is 0 Å². The Morgan fingerprint density at radius 2 is 1.61 bits per heavy atom. The number of nitrogens with one attached hydrogen (secondary N) is 2. The van der Waals surface area contributed by atoms with E-state index in [1.807, 2.05) is 6.92 Å². The van der Waals surface area contributed by atoms with Crippen LogP contribution < -0.4 is 10.6 Å². The zero-order valence-electron chi connectivity index (χ0n) is 10.1. The number of fused-ring (bicyclic) bond motifs is 1. The molecule has 0 aliphatic carbocycles. The van der Waals surface area contributed by atoms with Gasteiger partial charge in [-0.25, -0.2) is 4.39 Å². The van der Waals surface area contributed by atoms with Gasteiger partial charge in [0, 0.05) is 0 Å². The van der Waals surface area contributed by atoms with Crippen molar-refractivity contribution in [2.75, 3.05) is 10.6 Å². The van der Waals surface area contributed by atoms with E-state index in [1.54, 1.807) is 24.3 Å². The van der Waals surface area contributed by atoms with Crippen molar-refractivity contribution in [1.29, 1.82) is 0 Å². The largest absolute Gasteiger partial charge is 0.321 e. The number of unbranched alkanes of at least 4 members (excludes halogenated alkanes) is 1. The van der Waals surface area contributed by atoms with Crippen molar-refractivity contribution in [3.8, 4) is 0 Å². The zero-order valence-corrected chi connectivity index (χ0v) is 10.1. The fraction of sp³-hybridized carbons (Fsp3) is 0.385. The predicted molar refractivity (Wildman–Crippen MR) is 67.1 cm³/mol. The summed E-state index contributed by atoms with van der Waals surface area (Å²) in [5.74, 6) is -1.78. The van der Waals surface area contributed by atoms with E-state index >= 15 is 0 Å². The van der Waals surface area contributed by atoms with E-state index in [4.69, 9.17) is 0 Å². The second-order valence-electron chi connectivity index (χ2n) is 4.36. The van der Waals surface area contributed by atoms with Crippen molar-refractivity contribution < 1.29 is 14.0 Å². The molecule has 0 spiro atoms. The molecular weight excluding hydrogens is 235 g/mol. The second-order valence-corrected chi connectivity index (χ2v) is 4.36. The minimum absolute atomic E-state index is 0.102. The lowest BCUT2D eigenvalue weighted by molar-refractivity contribution is -0.139. The quantitative estimate of drug-likeness (QED) is 0.810. The zero-order chi connectivity index (χ0) is 13.2. The smallest absolute Gasteiger partial charge is 0.272 e. The van der Waals surface area contributed by atoms with Crippen LogP contribution in [0.25, 0.3) is 0 Å². The normalized spacial score (nSPS) is 17.4. The SMILES string of the molecule is CCCCC1(F)C(=O)Nc2ccccc2NC1=O. The standard InChI is InChI=1S/C13H15FN2O2/c1-2-3-8-13(14)11(17)15-9-6-4-5-7-10(9)16-12(13)18/h4-7H,2-3,8H2,1H3,(H,15,17)(H,16,18). The van der Waals surface area contributed by atoms with Crippen molar-refractivity contribution in [2.45, 2.75) is 31.9 Å². The van der Waals surface area contributed by atoms with Gasteiger partial charge in [0.25, 0.3) is 17.5 Å². The highest BCUT2D eigenvalue weighted by Gasteiger charge is 2.47. The molecule has 5 heteroatoms. The summed E-state index contributed by atoms with van der Waals surface area (Å²) in [6.45, 7) is 1.88.